The molecule has 26 heavy (non-hydrogen) atoms. The van der Waals surface area contributed by atoms with E-state index in [0.717, 1.165) is 5.56 Å². The second kappa shape index (κ2) is 6.87. The minimum Gasteiger partial charge on any atom is -0.496 e. The van der Waals surface area contributed by atoms with Gasteiger partial charge in [0.2, 0.25) is 0 Å². The number of Topliss-reactive ketones (excluding diaryl/α,β-unsaturated/α-hetero) is 1. The van der Waals surface area contributed by atoms with Crippen LogP contribution in [0.5, 0.6) is 17.2 Å². The molecule has 1 aliphatic heterocycles. The highest BCUT2D eigenvalue weighted by molar-refractivity contribution is 6.15. The van der Waals surface area contributed by atoms with E-state index in [1.54, 1.807) is 19.2 Å². The van der Waals surface area contributed by atoms with Gasteiger partial charge in [0.25, 0.3) is 0 Å². The number of carbonyl (C=O) groups is 1. The van der Waals surface area contributed by atoms with Gasteiger partial charge in [-0.25, -0.2) is 0 Å². The minimum atomic E-state index is -0.0781. The van der Waals surface area contributed by atoms with Crippen LogP contribution in [-0.4, -0.2) is 26.6 Å². The van der Waals surface area contributed by atoms with Crippen molar-refractivity contribution in [3.63, 3.8) is 0 Å². The molecule has 3 rings (SSSR count). The summed E-state index contributed by atoms with van der Waals surface area (Å²) in [5, 5.41) is 0. The standard InChI is InChI=1S/C22H24O4/c1-22(2,3)16-8-6-14(7-9-16)10-15-13-26-19-12-17(24-4)11-18(25-5)20(19)21(15)23/h6-12H,13H2,1-5H3/b15-10+. The second-order valence-electron chi connectivity index (χ2n) is 7.36. The summed E-state index contributed by atoms with van der Waals surface area (Å²) >= 11 is 0. The van der Waals surface area contributed by atoms with E-state index in [4.69, 9.17) is 14.2 Å². The summed E-state index contributed by atoms with van der Waals surface area (Å²) in [5.41, 5.74) is 3.37. The first-order valence-electron chi connectivity index (χ1n) is 8.58. The van der Waals surface area contributed by atoms with Crippen LogP contribution in [0.4, 0.5) is 0 Å². The van der Waals surface area contributed by atoms with E-state index >= 15 is 0 Å². The van der Waals surface area contributed by atoms with Crippen molar-refractivity contribution in [2.75, 3.05) is 20.8 Å². The van der Waals surface area contributed by atoms with Crippen LogP contribution in [0.1, 0.15) is 42.3 Å². The van der Waals surface area contributed by atoms with Crippen LogP contribution in [0, 0.1) is 0 Å². The first kappa shape index (κ1) is 18.1. The van der Waals surface area contributed by atoms with E-state index < -0.39 is 0 Å². The quantitative estimate of drug-likeness (QED) is 0.754. The van der Waals surface area contributed by atoms with Crippen LogP contribution in [0.15, 0.2) is 42.0 Å². The molecule has 0 unspecified atom stereocenters. The average Bonchev–Trinajstić information content (AvgIpc) is 2.62. The van der Waals surface area contributed by atoms with Gasteiger partial charge >= 0.3 is 0 Å². The predicted molar refractivity (Wildman–Crippen MR) is 102 cm³/mol. The molecule has 0 atom stereocenters. The molecule has 2 aromatic rings. The Morgan fingerprint density at radius 1 is 1.04 bits per heavy atom. The molecule has 2 aromatic carbocycles. The summed E-state index contributed by atoms with van der Waals surface area (Å²) in [7, 11) is 3.10. The van der Waals surface area contributed by atoms with E-state index in [1.165, 1.54) is 12.7 Å². The Morgan fingerprint density at radius 2 is 1.73 bits per heavy atom. The lowest BCUT2D eigenvalue weighted by Crippen LogP contribution is -2.20. The second-order valence-corrected chi connectivity index (χ2v) is 7.36. The van der Waals surface area contributed by atoms with E-state index in [9.17, 15) is 4.79 Å². The molecule has 0 aromatic heterocycles. The number of rotatable bonds is 3. The van der Waals surface area contributed by atoms with Crippen molar-refractivity contribution in [3.05, 3.63) is 58.7 Å². The molecule has 1 aliphatic rings. The maximum Gasteiger partial charge on any atom is 0.199 e. The van der Waals surface area contributed by atoms with Gasteiger partial charge in [-0.3, -0.25) is 4.79 Å². The van der Waals surface area contributed by atoms with Gasteiger partial charge in [0.1, 0.15) is 29.4 Å². The molecule has 0 aliphatic carbocycles. The predicted octanol–water partition coefficient (Wildman–Crippen LogP) is 4.66. The highest BCUT2D eigenvalue weighted by Crippen LogP contribution is 2.38. The van der Waals surface area contributed by atoms with Crippen molar-refractivity contribution >= 4 is 11.9 Å². The maximum atomic E-state index is 13.0. The zero-order chi connectivity index (χ0) is 18.9. The Balaban J connectivity index is 1.95. The summed E-state index contributed by atoms with van der Waals surface area (Å²) in [6.07, 6.45) is 1.88. The smallest absolute Gasteiger partial charge is 0.199 e. The van der Waals surface area contributed by atoms with Gasteiger partial charge in [-0.1, -0.05) is 45.0 Å². The number of hydrogen-bond acceptors (Lipinski definition) is 4. The molecule has 0 spiro atoms. The molecule has 0 N–H and O–H groups in total. The van der Waals surface area contributed by atoms with E-state index in [-0.39, 0.29) is 17.8 Å². The molecule has 1 heterocycles. The molecule has 0 saturated carbocycles. The molecule has 0 saturated heterocycles. The van der Waals surface area contributed by atoms with Gasteiger partial charge in [0, 0.05) is 17.7 Å². The van der Waals surface area contributed by atoms with Crippen LogP contribution in [0.2, 0.25) is 0 Å². The summed E-state index contributed by atoms with van der Waals surface area (Å²) in [4.78, 5) is 13.0. The van der Waals surface area contributed by atoms with Crippen LogP contribution in [0.25, 0.3) is 6.08 Å². The van der Waals surface area contributed by atoms with Gasteiger partial charge in [-0.05, 0) is 22.6 Å². The Kier molecular flexibility index (Phi) is 4.77. The number of ketones is 1. The van der Waals surface area contributed by atoms with Crippen molar-refractivity contribution in [2.24, 2.45) is 0 Å². The molecule has 0 bridgehead atoms. The fraction of sp³-hybridized carbons (Fsp3) is 0.318. The highest BCUT2D eigenvalue weighted by atomic mass is 16.5. The molecular formula is C22H24O4. The van der Waals surface area contributed by atoms with Gasteiger partial charge in [0.05, 0.1) is 14.2 Å². The van der Waals surface area contributed by atoms with Gasteiger partial charge < -0.3 is 14.2 Å². The zero-order valence-corrected chi connectivity index (χ0v) is 15.9. The highest BCUT2D eigenvalue weighted by Gasteiger charge is 2.28. The third kappa shape index (κ3) is 3.45. The van der Waals surface area contributed by atoms with E-state index in [1.807, 2.05) is 18.2 Å². The van der Waals surface area contributed by atoms with Crippen LogP contribution in [0.3, 0.4) is 0 Å². The first-order valence-corrected chi connectivity index (χ1v) is 8.58. The number of fused-ring (bicyclic) bond motifs is 1. The molecular weight excluding hydrogens is 328 g/mol. The number of carbonyl (C=O) groups excluding carboxylic acids is 1. The number of benzene rings is 2. The molecule has 0 amide bonds. The lowest BCUT2D eigenvalue weighted by atomic mass is 9.86. The lowest BCUT2D eigenvalue weighted by Gasteiger charge is -2.22. The van der Waals surface area contributed by atoms with Crippen molar-refractivity contribution < 1.29 is 19.0 Å². The summed E-state index contributed by atoms with van der Waals surface area (Å²) in [6, 6.07) is 11.7. The summed E-state index contributed by atoms with van der Waals surface area (Å²) in [5.74, 6) is 1.47. The lowest BCUT2D eigenvalue weighted by molar-refractivity contribution is 0.0997. The largest absolute Gasteiger partial charge is 0.496 e. The number of hydrogen-bond donors (Lipinski definition) is 0. The fourth-order valence-corrected chi connectivity index (χ4v) is 2.95. The van der Waals surface area contributed by atoms with Crippen LogP contribution < -0.4 is 14.2 Å². The summed E-state index contributed by atoms with van der Waals surface area (Å²) < 4.78 is 16.4. The molecule has 0 radical (unpaired) electrons. The van der Waals surface area contributed by atoms with E-state index in [0.29, 0.717) is 28.4 Å². The monoisotopic (exact) mass is 352 g/mol. The molecule has 4 nitrogen and oxygen atoms in total. The van der Waals surface area contributed by atoms with Crippen molar-refractivity contribution in [2.45, 2.75) is 26.2 Å². The number of methoxy groups -OCH3 is 2. The maximum absolute atomic E-state index is 13.0. The first-order chi connectivity index (χ1) is 12.3. The Labute approximate surface area is 154 Å². The van der Waals surface area contributed by atoms with E-state index in [2.05, 4.69) is 32.9 Å². The molecule has 0 fully saturated rings. The van der Waals surface area contributed by atoms with Gasteiger partial charge in [0.15, 0.2) is 5.78 Å². The van der Waals surface area contributed by atoms with Crippen LogP contribution >= 0.6 is 0 Å². The summed E-state index contributed by atoms with van der Waals surface area (Å²) in [6.45, 7) is 6.76. The van der Waals surface area contributed by atoms with Crippen molar-refractivity contribution in [1.29, 1.82) is 0 Å². The number of ether oxygens (including phenoxy) is 3. The fourth-order valence-electron chi connectivity index (χ4n) is 2.95. The van der Waals surface area contributed by atoms with Crippen LogP contribution in [-0.2, 0) is 5.41 Å². The Bertz CT molecular complexity index is 838. The SMILES string of the molecule is COc1cc(OC)c2c(c1)OC/C(=C\c1ccc(C(C)(C)C)cc1)C2=O. The zero-order valence-electron chi connectivity index (χ0n) is 15.9. The average molecular weight is 352 g/mol. The Hall–Kier alpha value is -2.75. The normalized spacial score (nSPS) is 15.4. The topological polar surface area (TPSA) is 44.8 Å². The third-order valence-corrected chi connectivity index (χ3v) is 4.51. The van der Waals surface area contributed by atoms with Crippen molar-refractivity contribution in [3.8, 4) is 17.2 Å². The van der Waals surface area contributed by atoms with Gasteiger partial charge in [-0.2, -0.15) is 0 Å². The molecule has 136 valence electrons. The minimum absolute atomic E-state index is 0.0781. The van der Waals surface area contributed by atoms with Gasteiger partial charge in [-0.15, -0.1) is 0 Å². The van der Waals surface area contributed by atoms with Crippen molar-refractivity contribution in [1.82, 2.24) is 0 Å². The molecule has 4 heteroatoms. The Morgan fingerprint density at radius 3 is 2.31 bits per heavy atom. The third-order valence-electron chi connectivity index (χ3n) is 4.51.